The molecule has 0 aliphatic carbocycles. The van der Waals surface area contributed by atoms with E-state index in [2.05, 4.69) is 16.4 Å². The topological polar surface area (TPSA) is 95.5 Å². The molecule has 9 heteroatoms. The molecule has 1 N–H and O–H groups in total. The van der Waals surface area contributed by atoms with Crippen LogP contribution in [0.15, 0.2) is 86.9 Å². The molecule has 176 valence electrons. The highest BCUT2D eigenvalue weighted by Gasteiger charge is 2.41. The van der Waals surface area contributed by atoms with Gasteiger partial charge in [-0.3, -0.25) is 9.59 Å². The number of nitrogens with zero attached hydrogens (tertiary/aromatic N) is 2. The van der Waals surface area contributed by atoms with Crippen molar-refractivity contribution in [1.82, 2.24) is 0 Å². The van der Waals surface area contributed by atoms with E-state index >= 15 is 0 Å². The number of thioether (sulfide) groups is 1. The first-order chi connectivity index (χ1) is 16.9. The molecule has 6 nitrogen and oxygen atoms in total. The number of hydrogen-bond donors (Lipinski definition) is 1. The summed E-state index contributed by atoms with van der Waals surface area (Å²) in [6, 6.07) is 19.4. The Kier molecular flexibility index (Phi) is 7.76. The average Bonchev–Trinajstić information content (AvgIpc) is 3.39. The van der Waals surface area contributed by atoms with Gasteiger partial charge in [0.05, 0.1) is 45.5 Å². The number of allylic oxidation sites excluding steroid dienone is 1. The van der Waals surface area contributed by atoms with Gasteiger partial charge in [0, 0.05) is 17.0 Å². The van der Waals surface area contributed by atoms with Gasteiger partial charge in [-0.15, -0.1) is 0 Å². The average molecular weight is 524 g/mol. The van der Waals surface area contributed by atoms with Crippen molar-refractivity contribution in [2.24, 2.45) is 10.9 Å². The largest absolute Gasteiger partial charge is 0.469 e. The van der Waals surface area contributed by atoms with Crippen molar-refractivity contribution in [2.45, 2.75) is 12.8 Å². The van der Waals surface area contributed by atoms with Gasteiger partial charge in [0.25, 0.3) is 0 Å². The molecule has 2 atom stereocenters. The molecule has 1 amide bonds. The first kappa shape index (κ1) is 24.8. The number of carbonyl (C=O) groups is 2. The summed E-state index contributed by atoms with van der Waals surface area (Å²) in [5.74, 6) is -1.43. The second kappa shape index (κ2) is 11.0. The van der Waals surface area contributed by atoms with E-state index < -0.39 is 11.8 Å². The van der Waals surface area contributed by atoms with Gasteiger partial charge in [0.1, 0.15) is 10.8 Å². The van der Waals surface area contributed by atoms with Crippen LogP contribution < -0.4 is 5.32 Å². The number of ketones is 1. The van der Waals surface area contributed by atoms with Gasteiger partial charge >= 0.3 is 0 Å². The molecule has 0 bridgehead atoms. The second-order valence-electron chi connectivity index (χ2n) is 7.75. The summed E-state index contributed by atoms with van der Waals surface area (Å²) < 4.78 is 5.63. The molecule has 2 aromatic carbocycles. The Morgan fingerprint density at radius 3 is 2.54 bits per heavy atom. The fourth-order valence-corrected chi connectivity index (χ4v) is 5.07. The summed E-state index contributed by atoms with van der Waals surface area (Å²) in [6.45, 7) is 1.74. The maximum absolute atomic E-state index is 13.3. The minimum Gasteiger partial charge on any atom is -0.469 e. The van der Waals surface area contributed by atoms with Crippen LogP contribution in [0.1, 0.15) is 29.0 Å². The zero-order chi connectivity index (χ0) is 24.9. The number of para-hydroxylation sites is 1. The summed E-state index contributed by atoms with van der Waals surface area (Å²) >= 11 is 13.1. The zero-order valence-corrected chi connectivity index (χ0v) is 20.8. The predicted octanol–water partition coefficient (Wildman–Crippen LogP) is 6.75. The summed E-state index contributed by atoms with van der Waals surface area (Å²) in [7, 11) is 0. The van der Waals surface area contributed by atoms with Crippen molar-refractivity contribution < 1.29 is 14.0 Å². The van der Waals surface area contributed by atoms with Crippen LogP contribution in [0, 0.1) is 17.2 Å². The van der Waals surface area contributed by atoms with Crippen molar-refractivity contribution in [1.29, 1.82) is 5.26 Å². The number of carbonyl (C=O) groups excluding carboxylic acids is 2. The predicted molar refractivity (Wildman–Crippen MR) is 139 cm³/mol. The number of halogens is 2. The molecular weight excluding hydrogens is 505 g/mol. The maximum atomic E-state index is 13.3. The van der Waals surface area contributed by atoms with Crippen LogP contribution in [-0.4, -0.2) is 23.2 Å². The SMILES string of the molecule is CC1=NC(SCC(=O)c2ccc(Cl)c(Cl)c2)=C(C#N)[C@H](c2ccco2)C1C(=O)Nc1ccccc1. The second-order valence-corrected chi connectivity index (χ2v) is 9.53. The third-order valence-electron chi connectivity index (χ3n) is 5.48. The van der Waals surface area contributed by atoms with E-state index in [0.717, 1.165) is 11.8 Å². The lowest BCUT2D eigenvalue weighted by Crippen LogP contribution is -2.36. The highest BCUT2D eigenvalue weighted by molar-refractivity contribution is 8.03. The highest BCUT2D eigenvalue weighted by Crippen LogP contribution is 2.42. The molecule has 1 aliphatic heterocycles. The van der Waals surface area contributed by atoms with Gasteiger partial charge in [0.15, 0.2) is 5.78 Å². The van der Waals surface area contributed by atoms with Gasteiger partial charge in [-0.25, -0.2) is 4.99 Å². The first-order valence-corrected chi connectivity index (χ1v) is 12.3. The third-order valence-corrected chi connectivity index (χ3v) is 7.21. The minimum atomic E-state index is -0.758. The molecule has 2 heterocycles. The van der Waals surface area contributed by atoms with E-state index in [0.29, 0.717) is 32.8 Å². The molecule has 35 heavy (non-hydrogen) atoms. The summed E-state index contributed by atoms with van der Waals surface area (Å²) in [5.41, 5.74) is 1.83. The lowest BCUT2D eigenvalue weighted by Gasteiger charge is -2.29. The van der Waals surface area contributed by atoms with E-state index in [4.69, 9.17) is 27.6 Å². The van der Waals surface area contributed by atoms with Crippen molar-refractivity contribution in [3.63, 3.8) is 0 Å². The lowest BCUT2D eigenvalue weighted by atomic mass is 9.79. The van der Waals surface area contributed by atoms with Crippen LogP contribution in [0.25, 0.3) is 0 Å². The monoisotopic (exact) mass is 523 g/mol. The summed E-state index contributed by atoms with van der Waals surface area (Å²) in [4.78, 5) is 30.6. The van der Waals surface area contributed by atoms with Crippen LogP contribution >= 0.6 is 35.0 Å². The number of furan rings is 1. The van der Waals surface area contributed by atoms with Crippen LogP contribution in [-0.2, 0) is 4.79 Å². The number of nitrogens with one attached hydrogen (secondary N) is 1. The third kappa shape index (κ3) is 5.51. The van der Waals surface area contributed by atoms with Crippen LogP contribution in [0.4, 0.5) is 5.69 Å². The van der Waals surface area contributed by atoms with Crippen LogP contribution in [0.5, 0.6) is 0 Å². The summed E-state index contributed by atoms with van der Waals surface area (Å²) in [5, 5.41) is 14.0. The minimum absolute atomic E-state index is 0.0288. The van der Waals surface area contributed by atoms with Crippen molar-refractivity contribution >= 4 is 58.1 Å². The fourth-order valence-electron chi connectivity index (χ4n) is 3.80. The molecule has 1 aliphatic rings. The maximum Gasteiger partial charge on any atom is 0.234 e. The van der Waals surface area contributed by atoms with Crippen molar-refractivity contribution in [3.05, 3.63) is 98.9 Å². The van der Waals surface area contributed by atoms with Crippen molar-refractivity contribution in [3.8, 4) is 6.07 Å². The molecule has 0 saturated carbocycles. The van der Waals surface area contributed by atoms with Gasteiger partial charge in [-0.1, -0.05) is 53.2 Å². The summed E-state index contributed by atoms with van der Waals surface area (Å²) in [6.07, 6.45) is 1.50. The van der Waals surface area contributed by atoms with Gasteiger partial charge in [-0.2, -0.15) is 5.26 Å². The molecular formula is C26H19Cl2N3O3S. The van der Waals surface area contributed by atoms with E-state index in [9.17, 15) is 14.9 Å². The highest BCUT2D eigenvalue weighted by atomic mass is 35.5. The molecule has 0 spiro atoms. The molecule has 0 fully saturated rings. The van der Waals surface area contributed by atoms with E-state index in [-0.39, 0.29) is 28.0 Å². The Hall–Kier alpha value is -3.31. The number of hydrogen-bond acceptors (Lipinski definition) is 6. The Bertz CT molecular complexity index is 1360. The molecule has 4 rings (SSSR count). The number of benzene rings is 2. The van der Waals surface area contributed by atoms with Crippen molar-refractivity contribution in [2.75, 3.05) is 11.1 Å². The van der Waals surface area contributed by atoms with Gasteiger partial charge in [0.2, 0.25) is 5.91 Å². The lowest BCUT2D eigenvalue weighted by molar-refractivity contribution is -0.118. The fraction of sp³-hybridized carbons (Fsp3) is 0.154. The smallest absolute Gasteiger partial charge is 0.234 e. The van der Waals surface area contributed by atoms with Gasteiger partial charge < -0.3 is 9.73 Å². The van der Waals surface area contributed by atoms with E-state index in [1.165, 1.54) is 12.3 Å². The van der Waals surface area contributed by atoms with Crippen LogP contribution in [0.2, 0.25) is 10.0 Å². The standard InChI is InChI=1S/C26H19Cl2N3O3S/c1-15-23(25(33)31-17-6-3-2-4-7-17)24(22-8-5-11-34-22)18(13-29)26(30-15)35-14-21(32)16-9-10-19(27)20(28)12-16/h2-12,23-24H,14H2,1H3,(H,31,33)/t23?,24-/m1/s1. The molecule has 1 aromatic heterocycles. The first-order valence-electron chi connectivity index (χ1n) is 10.6. The van der Waals surface area contributed by atoms with Gasteiger partial charge in [-0.05, 0) is 49.4 Å². The Morgan fingerprint density at radius 2 is 1.89 bits per heavy atom. The number of amides is 1. The number of rotatable bonds is 7. The molecule has 3 aromatic rings. The van der Waals surface area contributed by atoms with E-state index in [1.54, 1.807) is 43.3 Å². The molecule has 0 radical (unpaired) electrons. The number of anilines is 1. The quantitative estimate of drug-likeness (QED) is 0.345. The van der Waals surface area contributed by atoms with E-state index in [1.807, 2.05) is 18.2 Å². The number of aliphatic imine (C=N–C) groups is 1. The Balaban J connectivity index is 1.63. The number of nitriles is 1. The molecule has 0 saturated heterocycles. The normalized spacial score (nSPS) is 17.5. The Morgan fingerprint density at radius 1 is 1.11 bits per heavy atom. The number of Topliss-reactive ketones (excluding diaryl/α,β-unsaturated/α-hetero) is 1. The molecule has 1 unspecified atom stereocenters. The Labute approximate surface area is 216 Å². The van der Waals surface area contributed by atoms with Crippen LogP contribution in [0.3, 0.4) is 0 Å². The zero-order valence-electron chi connectivity index (χ0n) is 18.5.